The highest BCUT2D eigenvalue weighted by atomic mass is 16.3. The third-order valence-corrected chi connectivity index (χ3v) is 20.2. The second-order valence-corrected chi connectivity index (χ2v) is 25.3. The molecule has 0 atom stereocenters. The summed E-state index contributed by atoms with van der Waals surface area (Å²) in [7, 11) is 0. The Kier molecular flexibility index (Phi) is 12.4. The van der Waals surface area contributed by atoms with Crippen molar-refractivity contribution in [2.45, 2.75) is 6.92 Å². The van der Waals surface area contributed by atoms with Crippen molar-refractivity contribution >= 4 is 121 Å². The first-order valence-electron chi connectivity index (χ1n) is 32.7. The van der Waals surface area contributed by atoms with Gasteiger partial charge in [-0.3, -0.25) is 0 Å². The molecule has 2 nitrogen and oxygen atoms in total. The summed E-state index contributed by atoms with van der Waals surface area (Å²) in [5.41, 5.74) is 20.1. The lowest BCUT2D eigenvalue weighted by molar-refractivity contribution is 0.601. The maximum atomic E-state index is 7.42. The molecule has 0 bridgehead atoms. The molecular weight excluding hydrogens is 1150 g/mol. The number of hydrogen-bond donors (Lipinski definition) is 0. The van der Waals surface area contributed by atoms with E-state index in [4.69, 9.17) is 8.83 Å². The number of benzene rings is 17. The molecule has 0 spiro atoms. The number of rotatable bonds is 8. The Morgan fingerprint density at radius 1 is 0.263 bits per heavy atom. The molecule has 0 saturated carbocycles. The lowest BCUT2D eigenvalue weighted by Gasteiger charge is -2.20. The molecule has 442 valence electrons. The molecule has 0 unspecified atom stereocenters. The first-order chi connectivity index (χ1) is 47.0. The molecule has 0 aliphatic rings. The first-order valence-corrected chi connectivity index (χ1v) is 32.7. The summed E-state index contributed by atoms with van der Waals surface area (Å²) in [6.07, 6.45) is 2.11. The normalized spacial score (nSPS) is 12.2. The van der Waals surface area contributed by atoms with Crippen molar-refractivity contribution in [2.24, 2.45) is 0 Å². The van der Waals surface area contributed by atoms with Gasteiger partial charge in [-0.25, -0.2) is 0 Å². The van der Waals surface area contributed by atoms with Gasteiger partial charge in [-0.05, 0) is 202 Å². The van der Waals surface area contributed by atoms with Crippen molar-refractivity contribution < 1.29 is 8.83 Å². The number of aryl methyl sites for hydroxylation is 1. The van der Waals surface area contributed by atoms with Crippen LogP contribution in [-0.4, -0.2) is 0 Å². The Morgan fingerprint density at radius 2 is 0.726 bits per heavy atom. The molecule has 0 amide bonds. The Morgan fingerprint density at radius 3 is 1.39 bits per heavy atom. The van der Waals surface area contributed by atoms with Crippen LogP contribution in [0, 0.1) is 6.92 Å². The van der Waals surface area contributed by atoms with Crippen LogP contribution in [0.4, 0.5) is 0 Å². The van der Waals surface area contributed by atoms with E-state index in [2.05, 4.69) is 317 Å². The zero-order chi connectivity index (χ0) is 62.8. The van der Waals surface area contributed by atoms with Crippen LogP contribution in [0.1, 0.15) is 11.3 Å². The van der Waals surface area contributed by atoms with E-state index in [-0.39, 0.29) is 0 Å². The van der Waals surface area contributed by atoms with Gasteiger partial charge in [0.2, 0.25) is 0 Å². The third-order valence-electron chi connectivity index (χ3n) is 20.2. The highest BCUT2D eigenvalue weighted by molar-refractivity contribution is 6.29. The van der Waals surface area contributed by atoms with Crippen LogP contribution in [0.3, 0.4) is 0 Å². The summed E-state index contributed by atoms with van der Waals surface area (Å²) in [4.78, 5) is 0. The maximum Gasteiger partial charge on any atom is 0.143 e. The Labute approximate surface area is 548 Å². The molecule has 0 fully saturated rings. The van der Waals surface area contributed by atoms with Crippen LogP contribution in [0.25, 0.3) is 199 Å². The van der Waals surface area contributed by atoms with E-state index in [1.165, 1.54) is 109 Å². The average Bonchev–Trinajstić information content (AvgIpc) is 1.71. The number of furan rings is 2. The molecule has 0 aliphatic heterocycles. The maximum absolute atomic E-state index is 7.42. The van der Waals surface area contributed by atoms with Gasteiger partial charge in [0, 0.05) is 27.3 Å². The van der Waals surface area contributed by atoms with Crippen molar-refractivity contribution in [3.8, 4) is 77.9 Å². The summed E-state index contributed by atoms with van der Waals surface area (Å²) in [5, 5.41) is 22.1. The molecule has 2 aromatic heterocycles. The Bertz CT molecular complexity index is 6440. The van der Waals surface area contributed by atoms with Gasteiger partial charge in [-0.2, -0.15) is 0 Å². The lowest BCUT2D eigenvalue weighted by Crippen LogP contribution is -2.21. The monoisotopic (exact) mass is 1210 g/mol. The van der Waals surface area contributed by atoms with Gasteiger partial charge in [0.05, 0.1) is 0 Å². The summed E-state index contributed by atoms with van der Waals surface area (Å²) in [5.74, 6) is 0.846. The number of fused-ring (bicyclic) bond motifs is 11. The summed E-state index contributed by atoms with van der Waals surface area (Å²) < 4.78 is 14.0. The zero-order valence-corrected chi connectivity index (χ0v) is 52.1. The SMILES string of the molecule is C=c1cccc/c1=C/c1oc2cccc(-c3cccc(-c4c5ccccc5c(-c5ccc(-c6ccc(-c7c8ccccc8c(-c8ccc(-c9cccc%10ccccc9%10)cc8)c8ccccc78)c7c6oc6cc8ccccc8cc67)c6ccccc56)c5ccccc45)c3)c2c1C. The van der Waals surface area contributed by atoms with E-state index in [9.17, 15) is 0 Å². The molecule has 0 aliphatic carbocycles. The van der Waals surface area contributed by atoms with Crippen molar-refractivity contribution in [3.63, 3.8) is 0 Å². The molecule has 0 N–H and O–H groups in total. The van der Waals surface area contributed by atoms with Crippen LogP contribution in [0.15, 0.2) is 324 Å². The molecule has 17 aromatic carbocycles. The predicted molar refractivity (Wildman–Crippen MR) is 404 cm³/mol. The number of hydrogen-bond acceptors (Lipinski definition) is 2. The van der Waals surface area contributed by atoms with Crippen LogP contribution >= 0.6 is 0 Å². The van der Waals surface area contributed by atoms with Gasteiger partial charge >= 0.3 is 0 Å². The lowest BCUT2D eigenvalue weighted by atomic mass is 9.82. The van der Waals surface area contributed by atoms with Crippen molar-refractivity contribution in [2.75, 3.05) is 0 Å². The van der Waals surface area contributed by atoms with Crippen molar-refractivity contribution in [3.05, 3.63) is 337 Å². The van der Waals surface area contributed by atoms with Crippen molar-refractivity contribution in [1.82, 2.24) is 0 Å². The van der Waals surface area contributed by atoms with Gasteiger partial charge < -0.3 is 8.83 Å². The van der Waals surface area contributed by atoms with Gasteiger partial charge in [0.15, 0.2) is 0 Å². The van der Waals surface area contributed by atoms with Gasteiger partial charge in [-0.15, -0.1) is 0 Å². The minimum absolute atomic E-state index is 0.846. The molecule has 19 aromatic rings. The highest BCUT2D eigenvalue weighted by Crippen LogP contribution is 2.52. The van der Waals surface area contributed by atoms with E-state index < -0.39 is 0 Å². The molecule has 2 heteroatoms. The van der Waals surface area contributed by atoms with Crippen LogP contribution in [-0.2, 0) is 0 Å². The molecule has 2 heterocycles. The van der Waals surface area contributed by atoms with Crippen LogP contribution in [0.2, 0.25) is 0 Å². The van der Waals surface area contributed by atoms with Crippen LogP contribution < -0.4 is 10.4 Å². The predicted octanol–water partition coefficient (Wildman–Crippen LogP) is 24.6. The minimum Gasteiger partial charge on any atom is -0.456 e. The molecule has 0 radical (unpaired) electrons. The van der Waals surface area contributed by atoms with Gasteiger partial charge in [0.1, 0.15) is 22.5 Å². The minimum atomic E-state index is 0.846. The largest absolute Gasteiger partial charge is 0.456 e. The Balaban J connectivity index is 0.782. The first kappa shape index (κ1) is 54.4. The van der Waals surface area contributed by atoms with Gasteiger partial charge in [0.25, 0.3) is 0 Å². The fraction of sp³-hybridized carbons (Fsp3) is 0.0108. The fourth-order valence-corrected chi connectivity index (χ4v) is 15.8. The summed E-state index contributed by atoms with van der Waals surface area (Å²) >= 11 is 0. The van der Waals surface area contributed by atoms with E-state index in [1.807, 2.05) is 18.2 Å². The smallest absolute Gasteiger partial charge is 0.143 e. The van der Waals surface area contributed by atoms with E-state index in [1.54, 1.807) is 0 Å². The topological polar surface area (TPSA) is 26.3 Å². The molecule has 19 rings (SSSR count). The van der Waals surface area contributed by atoms with E-state index in [0.717, 1.165) is 98.8 Å². The average molecular weight is 1210 g/mol. The molecule has 95 heavy (non-hydrogen) atoms. The second-order valence-electron chi connectivity index (χ2n) is 25.3. The standard InChI is InChI=1S/C93H58O2/c1-56-22-3-4-24-61(56)54-85-57(2)87-68(42-21-43-84(87)94-85)64-28-19-29-65(52-64)89-74-35-13-15-37-76(74)90(77-38-16-14-36-75(77)89)80-49-48-71(69-31-9-10-32-70(69)80)81-50-51-82(92-83-53-62-25-5-6-26-63(62)55-86(83)95-93(81)92)91-78-39-17-11-33-72(78)88(73-34-12-18-40-79(73)91)60-46-44-59(45-47-60)67-41-20-27-58-23-7-8-30-66(58)67/h3-55H,1H2,2H3/b61-54-. The summed E-state index contributed by atoms with van der Waals surface area (Å²) in [6, 6.07) is 116. The fourth-order valence-electron chi connectivity index (χ4n) is 15.8. The van der Waals surface area contributed by atoms with E-state index in [0.29, 0.717) is 0 Å². The van der Waals surface area contributed by atoms with Crippen LogP contribution in [0.5, 0.6) is 0 Å². The molecular formula is C93H58O2. The van der Waals surface area contributed by atoms with Gasteiger partial charge in [-0.1, -0.05) is 292 Å². The third kappa shape index (κ3) is 8.58. The highest BCUT2D eigenvalue weighted by Gasteiger charge is 2.26. The quantitative estimate of drug-likeness (QED) is 0.142. The van der Waals surface area contributed by atoms with Crippen molar-refractivity contribution in [1.29, 1.82) is 0 Å². The Hall–Kier alpha value is -12.4. The van der Waals surface area contributed by atoms with E-state index >= 15 is 0 Å². The molecule has 0 saturated heterocycles. The zero-order valence-electron chi connectivity index (χ0n) is 52.1. The summed E-state index contributed by atoms with van der Waals surface area (Å²) in [6.45, 7) is 6.45. The second kappa shape index (κ2) is 21.6.